The van der Waals surface area contributed by atoms with Crippen LogP contribution < -0.4 is 5.73 Å². The molecule has 2 saturated carbocycles. The first kappa shape index (κ1) is 13.1. The van der Waals surface area contributed by atoms with E-state index < -0.39 is 0 Å². The van der Waals surface area contributed by atoms with Gasteiger partial charge in [-0.1, -0.05) is 30.7 Å². The van der Waals surface area contributed by atoms with E-state index in [-0.39, 0.29) is 12.1 Å². The lowest BCUT2D eigenvalue weighted by Crippen LogP contribution is -2.32. The van der Waals surface area contributed by atoms with Crippen LogP contribution in [0.1, 0.15) is 62.1 Å². The average Bonchev–Trinajstić information content (AvgIpc) is 3.18. The molecule has 0 aromatic heterocycles. The van der Waals surface area contributed by atoms with Crippen LogP contribution in [0.5, 0.6) is 0 Å². The number of nitrogens with two attached hydrogens (primary N) is 1. The largest absolute Gasteiger partial charge is 0.376 e. The summed E-state index contributed by atoms with van der Waals surface area (Å²) in [6.07, 6.45) is 6.80. The highest BCUT2D eigenvalue weighted by Gasteiger charge is 2.37. The highest BCUT2D eigenvalue weighted by atomic mass is 16.5. The Kier molecular flexibility index (Phi) is 3.90. The summed E-state index contributed by atoms with van der Waals surface area (Å²) in [5.74, 6) is 1.42. The molecule has 2 heteroatoms. The van der Waals surface area contributed by atoms with E-state index in [1.165, 1.54) is 43.2 Å². The maximum absolute atomic E-state index is 6.56. The van der Waals surface area contributed by atoms with E-state index in [0.29, 0.717) is 5.92 Å². The third kappa shape index (κ3) is 2.70. The molecular weight excluding hydrogens is 234 g/mol. The Morgan fingerprint density at radius 2 is 1.95 bits per heavy atom. The van der Waals surface area contributed by atoms with Crippen molar-refractivity contribution in [2.45, 2.75) is 57.1 Å². The molecule has 2 atom stereocenters. The molecule has 2 aliphatic rings. The molecule has 0 saturated heterocycles. The summed E-state index contributed by atoms with van der Waals surface area (Å²) in [4.78, 5) is 0. The Morgan fingerprint density at radius 3 is 2.53 bits per heavy atom. The smallest absolute Gasteiger partial charge is 0.0795 e. The predicted octanol–water partition coefficient (Wildman–Crippen LogP) is 3.77. The highest BCUT2D eigenvalue weighted by Crippen LogP contribution is 2.43. The zero-order valence-corrected chi connectivity index (χ0v) is 11.8. The van der Waals surface area contributed by atoms with Gasteiger partial charge in [-0.25, -0.2) is 0 Å². The number of benzene rings is 1. The number of rotatable bonds is 6. The molecule has 0 bridgehead atoms. The molecule has 0 radical (unpaired) electrons. The van der Waals surface area contributed by atoms with Gasteiger partial charge in [0.25, 0.3) is 0 Å². The normalized spacial score (nSPS) is 22.8. The van der Waals surface area contributed by atoms with Gasteiger partial charge in [0.2, 0.25) is 0 Å². The first-order valence-electron chi connectivity index (χ1n) is 7.77. The van der Waals surface area contributed by atoms with Gasteiger partial charge >= 0.3 is 0 Å². The molecule has 2 aliphatic carbocycles. The topological polar surface area (TPSA) is 35.2 Å². The zero-order valence-electron chi connectivity index (χ0n) is 11.8. The molecule has 104 valence electrons. The lowest BCUT2D eigenvalue weighted by Gasteiger charge is -2.32. The molecule has 0 amide bonds. The minimum Gasteiger partial charge on any atom is -0.376 e. The van der Waals surface area contributed by atoms with Gasteiger partial charge in [0.15, 0.2) is 0 Å². The summed E-state index contributed by atoms with van der Waals surface area (Å²) in [6.45, 7) is 2.83. The van der Waals surface area contributed by atoms with Crippen molar-refractivity contribution in [3.05, 3.63) is 35.4 Å². The second kappa shape index (κ2) is 5.64. The van der Waals surface area contributed by atoms with Crippen LogP contribution in [0, 0.1) is 5.92 Å². The van der Waals surface area contributed by atoms with Crippen molar-refractivity contribution in [2.24, 2.45) is 11.7 Å². The number of ether oxygens (including phenoxy) is 1. The number of hydrogen-bond donors (Lipinski definition) is 1. The maximum Gasteiger partial charge on any atom is 0.0795 e. The van der Waals surface area contributed by atoms with E-state index in [1.54, 1.807) is 0 Å². The van der Waals surface area contributed by atoms with E-state index in [9.17, 15) is 0 Å². The minimum absolute atomic E-state index is 0.0456. The van der Waals surface area contributed by atoms with Crippen LogP contribution >= 0.6 is 0 Å². The van der Waals surface area contributed by atoms with Crippen LogP contribution in [0.15, 0.2) is 24.3 Å². The van der Waals surface area contributed by atoms with E-state index in [4.69, 9.17) is 10.5 Å². The first-order valence-corrected chi connectivity index (χ1v) is 7.77. The monoisotopic (exact) mass is 259 g/mol. The standard InChI is InChI=1S/C17H25NO/c1-2-19-17(13-10-11-13)16(18)15-9-4-3-8-14(15)12-6-5-7-12/h3-4,8-9,12-13,16-17H,2,5-7,10-11,18H2,1H3. The Hall–Kier alpha value is -0.860. The predicted molar refractivity (Wildman–Crippen MR) is 78.1 cm³/mol. The van der Waals surface area contributed by atoms with Crippen LogP contribution in [0.3, 0.4) is 0 Å². The summed E-state index contributed by atoms with van der Waals surface area (Å²) in [6, 6.07) is 8.80. The van der Waals surface area contributed by atoms with Crippen LogP contribution in [-0.2, 0) is 4.74 Å². The van der Waals surface area contributed by atoms with Crippen LogP contribution in [0.2, 0.25) is 0 Å². The van der Waals surface area contributed by atoms with E-state index >= 15 is 0 Å². The van der Waals surface area contributed by atoms with Gasteiger partial charge in [-0.15, -0.1) is 0 Å². The van der Waals surface area contributed by atoms with Crippen molar-refractivity contribution in [1.29, 1.82) is 0 Å². The van der Waals surface area contributed by atoms with Crippen molar-refractivity contribution in [3.63, 3.8) is 0 Å². The van der Waals surface area contributed by atoms with Crippen LogP contribution in [-0.4, -0.2) is 12.7 Å². The maximum atomic E-state index is 6.56. The van der Waals surface area contributed by atoms with E-state index in [1.807, 2.05) is 0 Å². The molecular formula is C17H25NO. The summed E-state index contributed by atoms with van der Waals surface area (Å²) < 4.78 is 5.94. The van der Waals surface area contributed by atoms with Gasteiger partial charge in [0.05, 0.1) is 12.1 Å². The molecule has 2 fully saturated rings. The summed E-state index contributed by atoms with van der Waals surface area (Å²) in [7, 11) is 0. The zero-order chi connectivity index (χ0) is 13.2. The second-order valence-electron chi connectivity index (χ2n) is 6.04. The van der Waals surface area contributed by atoms with Gasteiger partial charge < -0.3 is 10.5 Å². The summed E-state index contributed by atoms with van der Waals surface area (Å²) in [5, 5.41) is 0. The minimum atomic E-state index is 0.0456. The van der Waals surface area contributed by atoms with Gasteiger partial charge in [-0.2, -0.15) is 0 Å². The fourth-order valence-corrected chi connectivity index (χ4v) is 3.23. The lowest BCUT2D eigenvalue weighted by atomic mass is 9.76. The molecule has 1 aromatic rings. The summed E-state index contributed by atoms with van der Waals surface area (Å²) in [5.41, 5.74) is 9.37. The van der Waals surface area contributed by atoms with E-state index in [0.717, 1.165) is 12.5 Å². The van der Waals surface area contributed by atoms with Gasteiger partial charge in [-0.3, -0.25) is 0 Å². The van der Waals surface area contributed by atoms with E-state index in [2.05, 4.69) is 31.2 Å². The molecule has 2 nitrogen and oxygen atoms in total. The third-order valence-electron chi connectivity index (χ3n) is 4.70. The fourth-order valence-electron chi connectivity index (χ4n) is 3.23. The average molecular weight is 259 g/mol. The third-order valence-corrected chi connectivity index (χ3v) is 4.70. The molecule has 1 aromatic carbocycles. The molecule has 0 heterocycles. The Balaban J connectivity index is 1.83. The van der Waals surface area contributed by atoms with Crippen molar-refractivity contribution < 1.29 is 4.74 Å². The molecule has 0 spiro atoms. The van der Waals surface area contributed by atoms with Crippen molar-refractivity contribution in [1.82, 2.24) is 0 Å². The Labute approximate surface area is 116 Å². The second-order valence-corrected chi connectivity index (χ2v) is 6.04. The molecule has 2 N–H and O–H groups in total. The first-order chi connectivity index (χ1) is 9.31. The van der Waals surface area contributed by atoms with Gasteiger partial charge in [0.1, 0.15) is 0 Å². The van der Waals surface area contributed by atoms with Crippen molar-refractivity contribution in [3.8, 4) is 0 Å². The SMILES string of the molecule is CCOC(C1CC1)C(N)c1ccccc1C1CCC1. The molecule has 19 heavy (non-hydrogen) atoms. The fraction of sp³-hybridized carbons (Fsp3) is 0.647. The molecule has 0 aliphatic heterocycles. The van der Waals surface area contributed by atoms with Crippen LogP contribution in [0.25, 0.3) is 0 Å². The molecule has 3 rings (SSSR count). The quantitative estimate of drug-likeness (QED) is 0.844. The van der Waals surface area contributed by atoms with Gasteiger partial charge in [-0.05, 0) is 55.6 Å². The summed E-state index contributed by atoms with van der Waals surface area (Å²) >= 11 is 0. The van der Waals surface area contributed by atoms with Gasteiger partial charge in [0, 0.05) is 6.61 Å². The van der Waals surface area contributed by atoms with Crippen molar-refractivity contribution in [2.75, 3.05) is 6.61 Å². The molecule has 2 unspecified atom stereocenters. The van der Waals surface area contributed by atoms with Crippen LogP contribution in [0.4, 0.5) is 0 Å². The highest BCUT2D eigenvalue weighted by molar-refractivity contribution is 5.35. The van der Waals surface area contributed by atoms with Crippen molar-refractivity contribution >= 4 is 0 Å². The lowest BCUT2D eigenvalue weighted by molar-refractivity contribution is 0.0279. The Bertz CT molecular complexity index is 423. The number of hydrogen-bond acceptors (Lipinski definition) is 2. The Morgan fingerprint density at radius 1 is 1.21 bits per heavy atom.